The van der Waals surface area contributed by atoms with Crippen LogP contribution in [0.4, 0.5) is 11.6 Å². The number of nitrogens with one attached hydrogen (secondary N) is 3. The molecule has 0 aliphatic rings. The van der Waals surface area contributed by atoms with Crippen LogP contribution in [0, 0.1) is 0 Å². The first-order chi connectivity index (χ1) is 15.0. The summed E-state index contributed by atoms with van der Waals surface area (Å²) in [6.07, 6.45) is 1.22. The predicted molar refractivity (Wildman–Crippen MR) is 108 cm³/mol. The standard InChI is InChI=1S/C17H16N6O9/c1-6-20-13(18)11(15(28)21-6)7(24)4-31-9(26)2-3-10(27)32-5-8(25)12-14(19)22-17(30)23-16(12)29/h2-3,24H,1,4-5H2,(H2,18,20)(H,21,28)(H4,19,22,23,29,30)/b3-2+,11-7?. The SMILES string of the molecule is C=c1nc(N)c(=C(O)COC(=O)/C=C/C(=O)OCC(=O)c2c(N)[nH]c(=O)[nH]c2=O)c(=O)[nH]1. The van der Waals surface area contributed by atoms with Crippen LogP contribution in [0.1, 0.15) is 10.4 Å². The predicted octanol–water partition coefficient (Wildman–Crippen LogP) is -4.09. The summed E-state index contributed by atoms with van der Waals surface area (Å²) >= 11 is 0. The van der Waals surface area contributed by atoms with Crippen LogP contribution in [0.15, 0.2) is 26.5 Å². The van der Waals surface area contributed by atoms with Crippen LogP contribution in [0.5, 0.6) is 0 Å². The molecule has 0 saturated carbocycles. The summed E-state index contributed by atoms with van der Waals surface area (Å²) in [5, 5.41) is 9.47. The van der Waals surface area contributed by atoms with Crippen LogP contribution in [-0.4, -0.2) is 56.0 Å². The molecule has 0 amide bonds. The van der Waals surface area contributed by atoms with Crippen LogP contribution < -0.4 is 39.0 Å². The van der Waals surface area contributed by atoms with E-state index in [0.717, 1.165) is 0 Å². The Labute approximate surface area is 175 Å². The highest BCUT2D eigenvalue weighted by Gasteiger charge is 2.17. The molecule has 15 heteroatoms. The summed E-state index contributed by atoms with van der Waals surface area (Å²) in [6, 6.07) is 0. The lowest BCUT2D eigenvalue weighted by atomic mass is 10.2. The average molecular weight is 448 g/mol. The first-order valence-corrected chi connectivity index (χ1v) is 8.43. The Bertz CT molecular complexity index is 1400. The molecule has 0 atom stereocenters. The normalized spacial score (nSPS) is 11.8. The van der Waals surface area contributed by atoms with Crippen LogP contribution >= 0.6 is 0 Å². The van der Waals surface area contributed by atoms with Crippen molar-refractivity contribution in [1.29, 1.82) is 0 Å². The number of nitrogen functional groups attached to an aromatic ring is 2. The third-order valence-corrected chi connectivity index (χ3v) is 3.59. The lowest BCUT2D eigenvalue weighted by Gasteiger charge is -2.04. The van der Waals surface area contributed by atoms with E-state index in [1.807, 2.05) is 4.98 Å². The summed E-state index contributed by atoms with van der Waals surface area (Å²) in [6.45, 7) is 1.70. The molecule has 0 aliphatic carbocycles. The molecule has 2 heterocycles. The van der Waals surface area contributed by atoms with E-state index in [1.165, 1.54) is 0 Å². The fraction of sp³-hybridized carbons (Fsp3) is 0.118. The summed E-state index contributed by atoms with van der Waals surface area (Å²) < 4.78 is 9.22. The van der Waals surface area contributed by atoms with Gasteiger partial charge in [0.25, 0.3) is 11.1 Å². The largest absolute Gasteiger partial charge is 0.508 e. The van der Waals surface area contributed by atoms with Gasteiger partial charge in [0.1, 0.15) is 40.3 Å². The number of anilines is 2. The lowest BCUT2D eigenvalue weighted by molar-refractivity contribution is -0.139. The molecule has 0 radical (unpaired) electrons. The third kappa shape index (κ3) is 5.78. The molecule has 8 N–H and O–H groups in total. The van der Waals surface area contributed by atoms with Gasteiger partial charge in [0.2, 0.25) is 5.78 Å². The zero-order chi connectivity index (χ0) is 24.0. The maximum absolute atomic E-state index is 11.9. The van der Waals surface area contributed by atoms with Crippen molar-refractivity contribution < 1.29 is 29.0 Å². The highest BCUT2D eigenvalue weighted by molar-refractivity contribution is 6.01. The van der Waals surface area contributed by atoms with Gasteiger partial charge in [0, 0.05) is 12.2 Å². The van der Waals surface area contributed by atoms with Crippen molar-refractivity contribution in [3.05, 3.63) is 59.6 Å². The monoisotopic (exact) mass is 448 g/mol. The lowest BCUT2D eigenvalue weighted by Crippen LogP contribution is -2.40. The maximum atomic E-state index is 11.9. The molecule has 0 saturated heterocycles. The second kappa shape index (κ2) is 9.70. The molecule has 0 aliphatic heterocycles. The minimum absolute atomic E-state index is 0.0335. The summed E-state index contributed by atoms with van der Waals surface area (Å²) in [5.74, 6) is -4.81. The van der Waals surface area contributed by atoms with Gasteiger partial charge >= 0.3 is 17.6 Å². The fourth-order valence-electron chi connectivity index (χ4n) is 2.25. The number of aliphatic hydroxyl groups is 1. The number of H-pyrrole nitrogens is 3. The van der Waals surface area contributed by atoms with E-state index < -0.39 is 70.1 Å². The third-order valence-electron chi connectivity index (χ3n) is 3.59. The molecular formula is C17H16N6O9. The zero-order valence-corrected chi connectivity index (χ0v) is 16.1. The molecule has 2 aromatic rings. The number of hydrogen-bond acceptors (Lipinski definition) is 12. The Morgan fingerprint density at radius 1 is 0.969 bits per heavy atom. The van der Waals surface area contributed by atoms with E-state index >= 15 is 0 Å². The van der Waals surface area contributed by atoms with Crippen molar-refractivity contribution >= 4 is 41.7 Å². The number of nitrogens with two attached hydrogens (primary N) is 2. The van der Waals surface area contributed by atoms with Gasteiger partial charge in [0.15, 0.2) is 6.61 Å². The topological polar surface area (TPSA) is 253 Å². The minimum atomic E-state index is -1.15. The van der Waals surface area contributed by atoms with Gasteiger partial charge in [-0.3, -0.25) is 24.4 Å². The Hall–Kier alpha value is -4.95. The fourth-order valence-corrected chi connectivity index (χ4v) is 2.25. The van der Waals surface area contributed by atoms with Crippen LogP contribution in [-0.2, 0) is 19.1 Å². The highest BCUT2D eigenvalue weighted by atomic mass is 16.5. The maximum Gasteiger partial charge on any atom is 0.331 e. The number of aliphatic hydroxyl groups excluding tert-OH is 1. The van der Waals surface area contributed by atoms with Gasteiger partial charge in [-0.15, -0.1) is 0 Å². The van der Waals surface area contributed by atoms with Gasteiger partial charge < -0.3 is 31.0 Å². The Morgan fingerprint density at radius 3 is 2.12 bits per heavy atom. The van der Waals surface area contributed by atoms with Gasteiger partial charge in [-0.2, -0.15) is 0 Å². The second-order valence-electron chi connectivity index (χ2n) is 5.89. The van der Waals surface area contributed by atoms with E-state index in [-0.39, 0.29) is 11.3 Å². The average Bonchev–Trinajstić information content (AvgIpc) is 2.67. The molecular weight excluding hydrogens is 432 g/mol. The summed E-state index contributed by atoms with van der Waals surface area (Å²) in [7, 11) is 0. The number of rotatable bonds is 7. The molecule has 32 heavy (non-hydrogen) atoms. The number of carbonyl (C=O) groups excluding carboxylic acids is 3. The van der Waals surface area contributed by atoms with Crippen LogP contribution in [0.2, 0.25) is 0 Å². The first kappa shape index (κ1) is 23.3. The van der Waals surface area contributed by atoms with Crippen molar-refractivity contribution in [1.82, 2.24) is 19.9 Å². The number of nitrogens with zero attached hydrogens (tertiary/aromatic N) is 1. The number of carbonyl (C=O) groups is 3. The smallest absolute Gasteiger partial charge is 0.331 e. The number of aromatic nitrogens is 4. The Kier molecular flexibility index (Phi) is 7.07. The Morgan fingerprint density at radius 2 is 1.56 bits per heavy atom. The van der Waals surface area contributed by atoms with Crippen molar-refractivity contribution in [2.75, 3.05) is 24.7 Å². The highest BCUT2D eigenvalue weighted by Crippen LogP contribution is 2.01. The summed E-state index contributed by atoms with van der Waals surface area (Å²) in [5.41, 5.74) is 7.46. The van der Waals surface area contributed by atoms with Crippen molar-refractivity contribution in [3.63, 3.8) is 0 Å². The van der Waals surface area contributed by atoms with E-state index in [0.29, 0.717) is 12.2 Å². The number of Topliss-reactive ketones (excluding diaryl/α,β-unsaturated/α-hetero) is 1. The van der Waals surface area contributed by atoms with E-state index in [4.69, 9.17) is 11.5 Å². The first-order valence-electron chi connectivity index (χ1n) is 8.43. The molecule has 2 rings (SSSR count). The number of hydrogen-bond donors (Lipinski definition) is 6. The molecule has 0 unspecified atom stereocenters. The zero-order valence-electron chi connectivity index (χ0n) is 16.1. The number of ketones is 1. The molecule has 0 fully saturated rings. The van der Waals surface area contributed by atoms with Gasteiger partial charge in [-0.05, 0) is 0 Å². The number of ether oxygens (including phenoxy) is 2. The van der Waals surface area contributed by atoms with Crippen molar-refractivity contribution in [2.24, 2.45) is 0 Å². The van der Waals surface area contributed by atoms with Crippen LogP contribution in [0.25, 0.3) is 12.3 Å². The molecule has 0 bridgehead atoms. The van der Waals surface area contributed by atoms with Gasteiger partial charge in [-0.25, -0.2) is 19.4 Å². The Balaban J connectivity index is 1.95. The minimum Gasteiger partial charge on any atom is -0.508 e. The molecule has 0 spiro atoms. The quantitative estimate of drug-likeness (QED) is 0.134. The van der Waals surface area contributed by atoms with E-state index in [9.17, 15) is 33.9 Å². The van der Waals surface area contributed by atoms with E-state index in [2.05, 4.69) is 26.0 Å². The second-order valence-corrected chi connectivity index (χ2v) is 5.89. The molecule has 15 nitrogen and oxygen atoms in total. The van der Waals surface area contributed by atoms with E-state index in [1.54, 1.807) is 4.98 Å². The molecule has 168 valence electrons. The van der Waals surface area contributed by atoms with Gasteiger partial charge in [-0.1, -0.05) is 6.58 Å². The van der Waals surface area contributed by atoms with Crippen LogP contribution in [0.3, 0.4) is 0 Å². The van der Waals surface area contributed by atoms with Crippen molar-refractivity contribution in [3.8, 4) is 0 Å². The molecule has 2 aromatic heterocycles. The van der Waals surface area contributed by atoms with Crippen molar-refractivity contribution in [2.45, 2.75) is 0 Å². The molecule has 0 aromatic carbocycles. The summed E-state index contributed by atoms with van der Waals surface area (Å²) in [4.78, 5) is 79.2. The van der Waals surface area contributed by atoms with Gasteiger partial charge in [0.05, 0.1) is 0 Å². The number of aromatic amines is 3. The number of esters is 2.